The lowest BCUT2D eigenvalue weighted by molar-refractivity contribution is 0.564. The summed E-state index contributed by atoms with van der Waals surface area (Å²) >= 11 is 0. The Kier molecular flexibility index (Phi) is 3.19. The van der Waals surface area contributed by atoms with Crippen molar-refractivity contribution >= 4 is 11.0 Å². The van der Waals surface area contributed by atoms with Gasteiger partial charge in [0.1, 0.15) is 17.8 Å². The molecule has 0 spiro atoms. The Balaban J connectivity index is 1.80. The van der Waals surface area contributed by atoms with Crippen molar-refractivity contribution in [3.05, 3.63) is 58.5 Å². The van der Waals surface area contributed by atoms with E-state index in [4.69, 9.17) is 0 Å². The molecule has 0 aliphatic rings. The molecule has 9 nitrogen and oxygen atoms in total. The Morgan fingerprint density at radius 1 is 1.08 bits per heavy atom. The molecule has 3 heterocycles. The molecule has 0 fully saturated rings. The van der Waals surface area contributed by atoms with Crippen molar-refractivity contribution in [3.63, 3.8) is 0 Å². The van der Waals surface area contributed by atoms with Crippen LogP contribution in [0.1, 0.15) is 11.6 Å². The summed E-state index contributed by atoms with van der Waals surface area (Å²) in [5, 5.41) is 20.9. The third kappa shape index (κ3) is 2.18. The molecule has 0 aliphatic carbocycles. The van der Waals surface area contributed by atoms with Crippen LogP contribution >= 0.6 is 0 Å². The zero-order valence-corrected chi connectivity index (χ0v) is 13.2. The van der Waals surface area contributed by atoms with E-state index in [1.165, 1.54) is 10.9 Å². The van der Waals surface area contributed by atoms with Crippen molar-refractivity contribution in [2.24, 2.45) is 7.05 Å². The van der Waals surface area contributed by atoms with Gasteiger partial charge < -0.3 is 4.57 Å². The molecule has 0 aliphatic heterocycles. The molecule has 24 heavy (non-hydrogen) atoms. The zero-order valence-electron chi connectivity index (χ0n) is 13.2. The molecule has 3 aromatic heterocycles. The van der Waals surface area contributed by atoms with Gasteiger partial charge in [-0.05, 0) is 19.1 Å². The highest BCUT2D eigenvalue weighted by Crippen LogP contribution is 2.12. The fourth-order valence-electron chi connectivity index (χ4n) is 2.45. The van der Waals surface area contributed by atoms with E-state index in [9.17, 15) is 4.79 Å². The molecule has 120 valence electrons. The van der Waals surface area contributed by atoms with Crippen molar-refractivity contribution in [2.45, 2.75) is 13.5 Å². The van der Waals surface area contributed by atoms with Crippen molar-refractivity contribution in [1.82, 2.24) is 39.5 Å². The first kappa shape index (κ1) is 14.2. The zero-order chi connectivity index (χ0) is 16.7. The standard InChI is InChI=1S/C15H14N8O/c1-10-17-18-13(21(10)2)9-22-15(24)12-8-16-23(14(12)19-20-22)11-6-4-3-5-7-11/h3-8H,9H2,1-2H3. The molecular formula is C15H14N8O. The molecule has 0 unspecified atom stereocenters. The van der Waals surface area contributed by atoms with E-state index in [1.54, 1.807) is 4.68 Å². The molecule has 1 aromatic carbocycles. The van der Waals surface area contributed by atoms with Crippen LogP contribution in [0.15, 0.2) is 41.3 Å². The van der Waals surface area contributed by atoms with Gasteiger partial charge in [-0.25, -0.2) is 9.36 Å². The van der Waals surface area contributed by atoms with Gasteiger partial charge in [0.2, 0.25) is 0 Å². The molecule has 0 atom stereocenters. The predicted molar refractivity (Wildman–Crippen MR) is 85.8 cm³/mol. The molecule has 4 rings (SSSR count). The number of hydrogen-bond donors (Lipinski definition) is 0. The van der Waals surface area contributed by atoms with E-state index in [-0.39, 0.29) is 12.1 Å². The van der Waals surface area contributed by atoms with Crippen LogP contribution in [0.5, 0.6) is 0 Å². The Morgan fingerprint density at radius 3 is 2.58 bits per heavy atom. The van der Waals surface area contributed by atoms with Crippen LogP contribution in [0.4, 0.5) is 0 Å². The van der Waals surface area contributed by atoms with Crippen molar-refractivity contribution in [3.8, 4) is 5.69 Å². The number of nitrogens with zero attached hydrogens (tertiary/aromatic N) is 8. The number of benzene rings is 1. The fraction of sp³-hybridized carbons (Fsp3) is 0.200. The highest BCUT2D eigenvalue weighted by molar-refractivity contribution is 5.74. The molecule has 9 heteroatoms. The first-order valence-corrected chi connectivity index (χ1v) is 7.37. The van der Waals surface area contributed by atoms with E-state index < -0.39 is 0 Å². The summed E-state index contributed by atoms with van der Waals surface area (Å²) in [6.45, 7) is 2.05. The molecule has 0 saturated heterocycles. The number of para-hydroxylation sites is 1. The molecule has 4 aromatic rings. The Hall–Kier alpha value is -3.36. The maximum atomic E-state index is 12.6. The van der Waals surface area contributed by atoms with Crippen molar-refractivity contribution < 1.29 is 0 Å². The average Bonchev–Trinajstić information content (AvgIpc) is 3.17. The maximum Gasteiger partial charge on any atom is 0.281 e. The monoisotopic (exact) mass is 322 g/mol. The van der Waals surface area contributed by atoms with Crippen LogP contribution in [-0.2, 0) is 13.6 Å². The molecule has 0 saturated carbocycles. The summed E-state index contributed by atoms with van der Waals surface area (Å²) in [6, 6.07) is 9.49. The summed E-state index contributed by atoms with van der Waals surface area (Å²) in [7, 11) is 1.84. The topological polar surface area (TPSA) is 96.3 Å². The van der Waals surface area contributed by atoms with Crippen LogP contribution < -0.4 is 5.56 Å². The van der Waals surface area contributed by atoms with Crippen LogP contribution in [0, 0.1) is 6.92 Å². The van der Waals surface area contributed by atoms with Gasteiger partial charge in [0.15, 0.2) is 11.5 Å². The number of fused-ring (bicyclic) bond motifs is 1. The molecule has 0 N–H and O–H groups in total. The van der Waals surface area contributed by atoms with Crippen LogP contribution in [-0.4, -0.2) is 39.5 Å². The van der Waals surface area contributed by atoms with Crippen LogP contribution in [0.25, 0.3) is 16.7 Å². The quantitative estimate of drug-likeness (QED) is 0.544. The van der Waals surface area contributed by atoms with E-state index >= 15 is 0 Å². The highest BCUT2D eigenvalue weighted by atomic mass is 16.1. The molecule has 0 amide bonds. The third-order valence-corrected chi connectivity index (χ3v) is 3.93. The van der Waals surface area contributed by atoms with E-state index in [1.807, 2.05) is 48.9 Å². The second-order valence-electron chi connectivity index (χ2n) is 5.40. The molecule has 0 bridgehead atoms. The molecule has 0 radical (unpaired) electrons. The van der Waals surface area contributed by atoms with Crippen LogP contribution in [0.2, 0.25) is 0 Å². The second kappa shape index (κ2) is 5.37. The first-order chi connectivity index (χ1) is 11.6. The smallest absolute Gasteiger partial charge is 0.281 e. The number of rotatable bonds is 3. The van der Waals surface area contributed by atoms with Gasteiger partial charge in [-0.2, -0.15) is 5.10 Å². The minimum Gasteiger partial charge on any atom is -0.317 e. The highest BCUT2D eigenvalue weighted by Gasteiger charge is 2.14. The van der Waals surface area contributed by atoms with E-state index in [2.05, 4.69) is 25.6 Å². The van der Waals surface area contributed by atoms with Crippen molar-refractivity contribution in [1.29, 1.82) is 0 Å². The van der Waals surface area contributed by atoms with Gasteiger partial charge in [0.25, 0.3) is 5.56 Å². The lowest BCUT2D eigenvalue weighted by atomic mass is 10.3. The largest absolute Gasteiger partial charge is 0.317 e. The van der Waals surface area contributed by atoms with Gasteiger partial charge in [-0.1, -0.05) is 23.4 Å². The second-order valence-corrected chi connectivity index (χ2v) is 5.40. The van der Waals surface area contributed by atoms with Gasteiger partial charge in [-0.3, -0.25) is 4.79 Å². The average molecular weight is 322 g/mol. The minimum atomic E-state index is -0.261. The summed E-state index contributed by atoms with van der Waals surface area (Å²) in [4.78, 5) is 12.6. The summed E-state index contributed by atoms with van der Waals surface area (Å²) in [6.07, 6.45) is 1.51. The molecular weight excluding hydrogens is 308 g/mol. The van der Waals surface area contributed by atoms with E-state index in [0.29, 0.717) is 16.9 Å². The first-order valence-electron chi connectivity index (χ1n) is 7.37. The van der Waals surface area contributed by atoms with Gasteiger partial charge >= 0.3 is 0 Å². The van der Waals surface area contributed by atoms with E-state index in [0.717, 1.165) is 11.5 Å². The SMILES string of the molecule is Cc1nnc(Cn2nnc3c(cnn3-c3ccccc3)c2=O)n1C. The fourth-order valence-corrected chi connectivity index (χ4v) is 2.45. The Morgan fingerprint density at radius 2 is 1.88 bits per heavy atom. The van der Waals surface area contributed by atoms with Crippen molar-refractivity contribution in [2.75, 3.05) is 0 Å². The Labute approximate surface area is 136 Å². The van der Waals surface area contributed by atoms with Crippen LogP contribution in [0.3, 0.4) is 0 Å². The van der Waals surface area contributed by atoms with Gasteiger partial charge in [0, 0.05) is 7.05 Å². The maximum absolute atomic E-state index is 12.6. The summed E-state index contributed by atoms with van der Waals surface area (Å²) in [5.41, 5.74) is 0.988. The van der Waals surface area contributed by atoms with Gasteiger partial charge in [0.05, 0.1) is 11.9 Å². The lowest BCUT2D eigenvalue weighted by Crippen LogP contribution is -2.26. The number of aryl methyl sites for hydroxylation is 1. The Bertz CT molecular complexity index is 1080. The predicted octanol–water partition coefficient (Wildman–Crippen LogP) is 0.462. The van der Waals surface area contributed by atoms with Gasteiger partial charge in [-0.15, -0.1) is 15.3 Å². The summed E-state index contributed by atoms with van der Waals surface area (Å²) < 4.78 is 4.68. The number of aromatic nitrogens is 8. The number of hydrogen-bond acceptors (Lipinski definition) is 6. The summed E-state index contributed by atoms with van der Waals surface area (Å²) in [5.74, 6) is 1.41. The minimum absolute atomic E-state index is 0.204. The third-order valence-electron chi connectivity index (χ3n) is 3.93. The lowest BCUT2D eigenvalue weighted by Gasteiger charge is -2.05. The normalized spacial score (nSPS) is 11.2.